The number of para-hydroxylation sites is 1. The van der Waals surface area contributed by atoms with E-state index in [9.17, 15) is 9.59 Å². The van der Waals surface area contributed by atoms with Gasteiger partial charge in [-0.15, -0.1) is 0 Å². The molecule has 0 saturated heterocycles. The van der Waals surface area contributed by atoms with E-state index in [1.807, 2.05) is 36.4 Å². The number of fused-ring (bicyclic) bond motifs is 2. The molecular formula is C26H30N2O4. The Labute approximate surface area is 188 Å². The van der Waals surface area contributed by atoms with Crippen molar-refractivity contribution in [3.05, 3.63) is 75.6 Å². The van der Waals surface area contributed by atoms with Crippen LogP contribution in [-0.2, 0) is 0 Å². The molecule has 1 amide bonds. The zero-order valence-electron chi connectivity index (χ0n) is 19.0. The van der Waals surface area contributed by atoms with Gasteiger partial charge in [0.2, 0.25) is 5.76 Å². The summed E-state index contributed by atoms with van der Waals surface area (Å²) < 4.78 is 11.7. The number of nitrogens with zero attached hydrogens (tertiary/aromatic N) is 2. The molecule has 6 nitrogen and oxygen atoms in total. The fourth-order valence-corrected chi connectivity index (χ4v) is 4.30. The molecule has 0 aliphatic carbocycles. The number of likely N-dealkylation sites (N-methyl/N-ethyl adjacent to an activating group) is 1. The van der Waals surface area contributed by atoms with Gasteiger partial charge < -0.3 is 19.0 Å². The molecule has 168 valence electrons. The van der Waals surface area contributed by atoms with Gasteiger partial charge in [0.15, 0.2) is 5.43 Å². The van der Waals surface area contributed by atoms with Crippen molar-refractivity contribution in [3.8, 4) is 5.75 Å². The van der Waals surface area contributed by atoms with Gasteiger partial charge in [-0.05, 0) is 49.3 Å². The first-order valence-corrected chi connectivity index (χ1v) is 11.4. The molecule has 2 heterocycles. The fraction of sp³-hybridized carbons (Fsp3) is 0.385. The van der Waals surface area contributed by atoms with E-state index < -0.39 is 6.04 Å². The second kappa shape index (κ2) is 9.57. The van der Waals surface area contributed by atoms with Crippen molar-refractivity contribution in [3.63, 3.8) is 0 Å². The summed E-state index contributed by atoms with van der Waals surface area (Å²) in [5.74, 6) is 0.705. The number of hydrogen-bond acceptors (Lipinski definition) is 5. The second-order valence-corrected chi connectivity index (χ2v) is 8.02. The van der Waals surface area contributed by atoms with Gasteiger partial charge in [0.25, 0.3) is 5.91 Å². The van der Waals surface area contributed by atoms with Gasteiger partial charge in [0, 0.05) is 13.1 Å². The third-order valence-electron chi connectivity index (χ3n) is 6.09. The Hall–Kier alpha value is -3.12. The van der Waals surface area contributed by atoms with Gasteiger partial charge >= 0.3 is 0 Å². The summed E-state index contributed by atoms with van der Waals surface area (Å²) in [6.07, 6.45) is 0.930. The first kappa shape index (κ1) is 22.1. The highest BCUT2D eigenvalue weighted by molar-refractivity contribution is 5.99. The van der Waals surface area contributed by atoms with Crippen LogP contribution >= 0.6 is 0 Å². The molecule has 0 fully saturated rings. The van der Waals surface area contributed by atoms with Gasteiger partial charge in [0.1, 0.15) is 11.3 Å². The molecule has 0 radical (unpaired) electrons. The number of amides is 1. The molecule has 1 unspecified atom stereocenters. The number of benzene rings is 2. The van der Waals surface area contributed by atoms with Crippen molar-refractivity contribution < 1.29 is 13.9 Å². The number of carbonyl (C=O) groups is 1. The molecular weight excluding hydrogens is 404 g/mol. The molecule has 0 saturated carbocycles. The summed E-state index contributed by atoms with van der Waals surface area (Å²) in [6, 6.07) is 14.3. The Morgan fingerprint density at radius 2 is 1.72 bits per heavy atom. The van der Waals surface area contributed by atoms with Crippen molar-refractivity contribution in [2.75, 3.05) is 32.8 Å². The van der Waals surface area contributed by atoms with Gasteiger partial charge in [0.05, 0.1) is 23.6 Å². The summed E-state index contributed by atoms with van der Waals surface area (Å²) in [5, 5.41) is 0.498. The first-order chi connectivity index (χ1) is 15.6. The molecule has 1 aliphatic heterocycles. The summed E-state index contributed by atoms with van der Waals surface area (Å²) in [4.78, 5) is 30.9. The topological polar surface area (TPSA) is 63.0 Å². The minimum atomic E-state index is -0.478. The van der Waals surface area contributed by atoms with Crippen LogP contribution in [0.15, 0.2) is 57.7 Å². The summed E-state index contributed by atoms with van der Waals surface area (Å²) in [6.45, 7) is 9.97. The number of carbonyl (C=O) groups excluding carboxylic acids is 1. The highest BCUT2D eigenvalue weighted by atomic mass is 16.5. The zero-order valence-corrected chi connectivity index (χ0v) is 19.0. The van der Waals surface area contributed by atoms with Crippen LogP contribution in [0, 0.1) is 0 Å². The molecule has 1 aromatic heterocycles. The van der Waals surface area contributed by atoms with E-state index in [-0.39, 0.29) is 17.1 Å². The minimum Gasteiger partial charge on any atom is -0.494 e. The van der Waals surface area contributed by atoms with E-state index in [1.165, 1.54) is 0 Å². The van der Waals surface area contributed by atoms with Crippen LogP contribution in [0.1, 0.15) is 54.9 Å². The predicted octanol–water partition coefficient (Wildman–Crippen LogP) is 4.47. The van der Waals surface area contributed by atoms with Crippen molar-refractivity contribution in [2.45, 2.75) is 33.2 Å². The van der Waals surface area contributed by atoms with Crippen LogP contribution in [-0.4, -0.2) is 48.5 Å². The summed E-state index contributed by atoms with van der Waals surface area (Å²) in [5.41, 5.74) is 1.60. The fourth-order valence-electron chi connectivity index (χ4n) is 4.30. The summed E-state index contributed by atoms with van der Waals surface area (Å²) in [7, 11) is 0. The smallest absolute Gasteiger partial charge is 0.290 e. The Kier molecular flexibility index (Phi) is 6.61. The molecule has 6 heteroatoms. The highest BCUT2D eigenvalue weighted by Gasteiger charge is 2.42. The van der Waals surface area contributed by atoms with Crippen LogP contribution in [0.4, 0.5) is 0 Å². The Morgan fingerprint density at radius 1 is 1.00 bits per heavy atom. The predicted molar refractivity (Wildman–Crippen MR) is 125 cm³/mol. The lowest BCUT2D eigenvalue weighted by Gasteiger charge is -2.28. The maximum absolute atomic E-state index is 13.5. The maximum Gasteiger partial charge on any atom is 0.290 e. The van der Waals surface area contributed by atoms with E-state index in [0.29, 0.717) is 29.7 Å². The maximum atomic E-state index is 13.5. The van der Waals surface area contributed by atoms with Crippen molar-refractivity contribution in [2.24, 2.45) is 0 Å². The molecule has 1 atom stereocenters. The SMILES string of the molecule is CCCOc1ccc(C2c3c(oc4ccccc4c3=O)C(=O)N2CCN(CC)CC)cc1. The molecule has 2 aromatic carbocycles. The summed E-state index contributed by atoms with van der Waals surface area (Å²) >= 11 is 0. The van der Waals surface area contributed by atoms with Crippen LogP contribution in [0.3, 0.4) is 0 Å². The largest absolute Gasteiger partial charge is 0.494 e. The van der Waals surface area contributed by atoms with Gasteiger partial charge in [-0.1, -0.05) is 45.0 Å². The van der Waals surface area contributed by atoms with Crippen molar-refractivity contribution in [1.82, 2.24) is 9.80 Å². The van der Waals surface area contributed by atoms with Gasteiger partial charge in [-0.2, -0.15) is 0 Å². The standard InChI is InChI=1S/C26H30N2O4/c1-4-17-31-19-13-11-18(12-14-19)23-22-24(29)20-9-7-8-10-21(20)32-25(22)26(30)28(23)16-15-27(5-2)6-3/h7-14,23H,4-6,15-17H2,1-3H3. The van der Waals surface area contributed by atoms with E-state index in [0.717, 1.165) is 37.4 Å². The normalized spacial score (nSPS) is 15.6. The number of ether oxygens (including phenoxy) is 1. The third-order valence-corrected chi connectivity index (χ3v) is 6.09. The van der Waals surface area contributed by atoms with Crippen molar-refractivity contribution >= 4 is 16.9 Å². The lowest BCUT2D eigenvalue weighted by atomic mass is 9.98. The average molecular weight is 435 g/mol. The van der Waals surface area contributed by atoms with E-state index in [1.54, 1.807) is 17.0 Å². The van der Waals surface area contributed by atoms with Crippen molar-refractivity contribution in [1.29, 1.82) is 0 Å². The van der Waals surface area contributed by atoms with Gasteiger partial charge in [-0.25, -0.2) is 0 Å². The second-order valence-electron chi connectivity index (χ2n) is 8.02. The molecule has 0 N–H and O–H groups in total. The van der Waals surface area contributed by atoms with E-state index in [2.05, 4.69) is 25.7 Å². The average Bonchev–Trinajstić information content (AvgIpc) is 3.10. The Balaban J connectivity index is 1.79. The van der Waals surface area contributed by atoms with Crippen LogP contribution in [0.25, 0.3) is 11.0 Å². The quantitative estimate of drug-likeness (QED) is 0.497. The molecule has 0 bridgehead atoms. The number of rotatable bonds is 9. The van der Waals surface area contributed by atoms with Crippen LogP contribution < -0.4 is 10.2 Å². The lowest BCUT2D eigenvalue weighted by Crippen LogP contribution is -2.37. The number of hydrogen-bond donors (Lipinski definition) is 0. The van der Waals surface area contributed by atoms with Gasteiger partial charge in [-0.3, -0.25) is 9.59 Å². The van der Waals surface area contributed by atoms with E-state index in [4.69, 9.17) is 9.15 Å². The van der Waals surface area contributed by atoms with Crippen LogP contribution in [0.2, 0.25) is 0 Å². The Bertz CT molecular complexity index is 1150. The molecule has 3 aromatic rings. The molecule has 32 heavy (non-hydrogen) atoms. The minimum absolute atomic E-state index is 0.142. The van der Waals surface area contributed by atoms with E-state index >= 15 is 0 Å². The lowest BCUT2D eigenvalue weighted by molar-refractivity contribution is 0.0708. The third kappa shape index (κ3) is 4.02. The first-order valence-electron chi connectivity index (χ1n) is 11.4. The monoisotopic (exact) mass is 434 g/mol. The highest BCUT2D eigenvalue weighted by Crippen LogP contribution is 2.38. The zero-order chi connectivity index (χ0) is 22.7. The Morgan fingerprint density at radius 3 is 2.41 bits per heavy atom. The molecule has 1 aliphatic rings. The molecule has 0 spiro atoms. The van der Waals surface area contributed by atoms with Crippen LogP contribution in [0.5, 0.6) is 5.75 Å². The molecule has 4 rings (SSSR count).